The molecule has 168 valence electrons. The van der Waals surface area contributed by atoms with Crippen LogP contribution in [0.2, 0.25) is 0 Å². The summed E-state index contributed by atoms with van der Waals surface area (Å²) in [5, 5.41) is 13.8. The fourth-order valence-electron chi connectivity index (χ4n) is 3.49. The van der Waals surface area contributed by atoms with E-state index in [4.69, 9.17) is 0 Å². The van der Waals surface area contributed by atoms with Crippen molar-refractivity contribution in [3.63, 3.8) is 0 Å². The molecule has 0 saturated carbocycles. The Kier molecular flexibility index (Phi) is 6.17. The summed E-state index contributed by atoms with van der Waals surface area (Å²) in [5.74, 6) is -0.163. The molecule has 1 fully saturated rings. The van der Waals surface area contributed by atoms with Crippen LogP contribution in [0.5, 0.6) is 0 Å². The first-order valence-electron chi connectivity index (χ1n) is 10.4. The molecule has 0 atom stereocenters. The molecule has 4 rings (SSSR count). The quantitative estimate of drug-likeness (QED) is 0.549. The van der Waals surface area contributed by atoms with Crippen molar-refractivity contribution < 1.29 is 9.59 Å². The van der Waals surface area contributed by atoms with Crippen molar-refractivity contribution in [2.24, 2.45) is 14.1 Å². The highest BCUT2D eigenvalue weighted by Crippen LogP contribution is 2.20. The number of piperazine rings is 1. The molecule has 0 unspecified atom stereocenters. The Bertz CT molecular complexity index is 1110. The second-order valence-electron chi connectivity index (χ2n) is 7.89. The number of aryl methyl sites for hydroxylation is 2. The molecule has 1 saturated heterocycles. The summed E-state index contributed by atoms with van der Waals surface area (Å²) in [6, 6.07) is 5.48. The minimum atomic E-state index is -0.751. The largest absolute Gasteiger partial charge is 0.354 e. The van der Waals surface area contributed by atoms with E-state index in [0.29, 0.717) is 11.5 Å². The lowest BCUT2D eigenvalue weighted by Gasteiger charge is -2.33. The van der Waals surface area contributed by atoms with Crippen LogP contribution in [0.25, 0.3) is 11.3 Å². The van der Waals surface area contributed by atoms with Gasteiger partial charge in [0.05, 0.1) is 11.9 Å². The third-order valence-corrected chi connectivity index (χ3v) is 5.42. The van der Waals surface area contributed by atoms with Crippen LogP contribution < -0.4 is 15.5 Å². The highest BCUT2D eigenvalue weighted by molar-refractivity contribution is 6.39. The normalized spacial score (nSPS) is 14.4. The Morgan fingerprint density at radius 3 is 2.56 bits per heavy atom. The van der Waals surface area contributed by atoms with Crippen LogP contribution in [-0.2, 0) is 30.2 Å². The van der Waals surface area contributed by atoms with Gasteiger partial charge in [-0.25, -0.2) is 4.98 Å². The molecule has 32 heavy (non-hydrogen) atoms. The number of hydrogen-bond acceptors (Lipinski definition) is 7. The van der Waals surface area contributed by atoms with Crippen LogP contribution in [0.1, 0.15) is 5.56 Å². The minimum Gasteiger partial charge on any atom is -0.354 e. The van der Waals surface area contributed by atoms with Crippen molar-refractivity contribution >= 4 is 23.5 Å². The zero-order valence-corrected chi connectivity index (χ0v) is 18.4. The van der Waals surface area contributed by atoms with Crippen LogP contribution in [0, 0.1) is 0 Å². The molecular formula is C21H27N9O2. The predicted octanol–water partition coefficient (Wildman–Crippen LogP) is 0.222. The first-order valence-corrected chi connectivity index (χ1v) is 10.4. The fourth-order valence-corrected chi connectivity index (χ4v) is 3.49. The number of hydrogen-bond donors (Lipinski definition) is 2. The van der Waals surface area contributed by atoms with E-state index in [-0.39, 0.29) is 6.54 Å². The molecule has 2 N–H and O–H groups in total. The fraction of sp³-hybridized carbons (Fsp3) is 0.381. The van der Waals surface area contributed by atoms with Gasteiger partial charge in [0.15, 0.2) is 0 Å². The topological polar surface area (TPSA) is 113 Å². The van der Waals surface area contributed by atoms with Gasteiger partial charge in [-0.1, -0.05) is 0 Å². The molecule has 1 aliphatic heterocycles. The Morgan fingerprint density at radius 2 is 1.84 bits per heavy atom. The molecule has 11 heteroatoms. The summed E-state index contributed by atoms with van der Waals surface area (Å²) in [5.41, 5.74) is 2.36. The summed E-state index contributed by atoms with van der Waals surface area (Å²) in [6.45, 7) is 4.03. The lowest BCUT2D eigenvalue weighted by atomic mass is 10.2. The number of anilines is 2. The molecule has 0 aromatic carbocycles. The lowest BCUT2D eigenvalue weighted by molar-refractivity contribution is -0.136. The zero-order chi connectivity index (χ0) is 22.7. The lowest BCUT2D eigenvalue weighted by Crippen LogP contribution is -2.44. The molecule has 0 bridgehead atoms. The second-order valence-corrected chi connectivity index (χ2v) is 7.89. The minimum absolute atomic E-state index is 0.238. The van der Waals surface area contributed by atoms with Crippen LogP contribution >= 0.6 is 0 Å². The molecule has 2 amide bonds. The van der Waals surface area contributed by atoms with Gasteiger partial charge in [-0.2, -0.15) is 10.2 Å². The van der Waals surface area contributed by atoms with E-state index in [1.165, 1.54) is 4.68 Å². The molecule has 3 aromatic rings. The number of pyridine rings is 1. The van der Waals surface area contributed by atoms with E-state index in [1.807, 2.05) is 25.4 Å². The number of carbonyl (C=O) groups is 2. The predicted molar refractivity (Wildman–Crippen MR) is 120 cm³/mol. The standard InChI is InChI=1S/C21H27N9O2/c1-27-6-8-30(9-7-27)18-10-15(4-5-22-18)12-23-20(31)21(32)25-19-11-17(26-29(19)3)16-13-24-28(2)14-16/h4-5,10-11,13-14H,6-9,12H2,1-3H3,(H,23,31)(H,25,32). The number of aromatic nitrogens is 5. The van der Waals surface area contributed by atoms with Crippen LogP contribution in [0.15, 0.2) is 36.8 Å². The van der Waals surface area contributed by atoms with E-state index >= 15 is 0 Å². The number of amides is 2. The summed E-state index contributed by atoms with van der Waals surface area (Å²) in [7, 11) is 5.62. The summed E-state index contributed by atoms with van der Waals surface area (Å²) in [4.78, 5) is 33.7. The van der Waals surface area contributed by atoms with Crippen molar-refractivity contribution in [1.29, 1.82) is 0 Å². The Hall–Kier alpha value is -3.73. The van der Waals surface area contributed by atoms with E-state index in [9.17, 15) is 9.59 Å². The van der Waals surface area contributed by atoms with Crippen LogP contribution in [0.4, 0.5) is 11.6 Å². The first kappa shape index (κ1) is 21.5. The molecular weight excluding hydrogens is 410 g/mol. The summed E-state index contributed by atoms with van der Waals surface area (Å²) >= 11 is 0. The highest BCUT2D eigenvalue weighted by atomic mass is 16.2. The number of nitrogens with zero attached hydrogens (tertiary/aromatic N) is 7. The SMILES string of the molecule is CN1CCN(c2cc(CNC(=O)C(=O)Nc3cc(-c4cnn(C)c4)nn3C)ccn2)CC1. The van der Waals surface area contributed by atoms with Gasteiger partial charge in [0.1, 0.15) is 11.6 Å². The maximum Gasteiger partial charge on any atom is 0.314 e. The van der Waals surface area contributed by atoms with Crippen molar-refractivity contribution in [3.8, 4) is 11.3 Å². The number of rotatable bonds is 5. The molecule has 4 heterocycles. The van der Waals surface area contributed by atoms with Gasteiger partial charge in [0.2, 0.25) is 0 Å². The third kappa shape index (κ3) is 4.94. The van der Waals surface area contributed by atoms with Gasteiger partial charge in [-0.3, -0.25) is 19.0 Å². The van der Waals surface area contributed by atoms with Crippen molar-refractivity contribution in [2.45, 2.75) is 6.54 Å². The molecule has 0 radical (unpaired) electrons. The maximum atomic E-state index is 12.4. The monoisotopic (exact) mass is 437 g/mol. The number of nitrogens with one attached hydrogen (secondary N) is 2. The summed E-state index contributed by atoms with van der Waals surface area (Å²) in [6.07, 6.45) is 5.24. The number of likely N-dealkylation sites (N-methyl/N-ethyl adjacent to an activating group) is 1. The van der Waals surface area contributed by atoms with Gasteiger partial charge in [-0.05, 0) is 24.7 Å². The van der Waals surface area contributed by atoms with Gasteiger partial charge < -0.3 is 20.4 Å². The third-order valence-electron chi connectivity index (χ3n) is 5.42. The van der Waals surface area contributed by atoms with Crippen LogP contribution in [-0.4, -0.2) is 74.5 Å². The maximum absolute atomic E-state index is 12.4. The molecule has 0 aliphatic carbocycles. The van der Waals surface area contributed by atoms with E-state index in [1.54, 1.807) is 30.2 Å². The van der Waals surface area contributed by atoms with Crippen molar-refractivity contribution in [2.75, 3.05) is 43.4 Å². The van der Waals surface area contributed by atoms with Crippen molar-refractivity contribution in [1.82, 2.24) is 34.8 Å². The molecule has 3 aromatic heterocycles. The zero-order valence-electron chi connectivity index (χ0n) is 18.4. The highest BCUT2D eigenvalue weighted by Gasteiger charge is 2.18. The summed E-state index contributed by atoms with van der Waals surface area (Å²) < 4.78 is 3.18. The Morgan fingerprint density at radius 1 is 1.06 bits per heavy atom. The first-order chi connectivity index (χ1) is 15.4. The van der Waals surface area contributed by atoms with E-state index < -0.39 is 11.8 Å². The van der Waals surface area contributed by atoms with E-state index in [0.717, 1.165) is 43.1 Å². The Labute approximate surface area is 186 Å². The molecule has 0 spiro atoms. The van der Waals surface area contributed by atoms with Gasteiger partial charge in [-0.15, -0.1) is 0 Å². The van der Waals surface area contributed by atoms with Gasteiger partial charge >= 0.3 is 11.8 Å². The van der Waals surface area contributed by atoms with Gasteiger partial charge in [0, 0.05) is 70.8 Å². The van der Waals surface area contributed by atoms with E-state index in [2.05, 4.69) is 42.7 Å². The number of carbonyl (C=O) groups excluding carboxylic acids is 2. The van der Waals surface area contributed by atoms with Crippen molar-refractivity contribution in [3.05, 3.63) is 42.4 Å². The van der Waals surface area contributed by atoms with Crippen LogP contribution in [0.3, 0.4) is 0 Å². The van der Waals surface area contributed by atoms with Gasteiger partial charge in [0.25, 0.3) is 0 Å². The second kappa shape index (κ2) is 9.18. The molecule has 1 aliphatic rings. The smallest absolute Gasteiger partial charge is 0.314 e. The molecule has 11 nitrogen and oxygen atoms in total. The Balaban J connectivity index is 1.33. The average molecular weight is 438 g/mol. The average Bonchev–Trinajstić information content (AvgIpc) is 3.38.